The molecular formula is C12H12ClNO2. The highest BCUT2D eigenvalue weighted by molar-refractivity contribution is 6.31. The Bertz CT molecular complexity index is 437. The Morgan fingerprint density at radius 1 is 1.69 bits per heavy atom. The first-order valence-corrected chi connectivity index (χ1v) is 5.15. The summed E-state index contributed by atoms with van der Waals surface area (Å²) in [5.74, 6) is 1.50. The van der Waals surface area contributed by atoms with Crippen molar-refractivity contribution in [2.24, 2.45) is 0 Å². The first-order chi connectivity index (χ1) is 7.54. The van der Waals surface area contributed by atoms with E-state index in [1.54, 1.807) is 12.1 Å². The summed E-state index contributed by atoms with van der Waals surface area (Å²) in [7, 11) is 0. The Balaban J connectivity index is 2.96. The summed E-state index contributed by atoms with van der Waals surface area (Å²) >= 11 is 5.74. The van der Waals surface area contributed by atoms with Gasteiger partial charge in [-0.05, 0) is 25.1 Å². The summed E-state index contributed by atoms with van der Waals surface area (Å²) in [5.41, 5.74) is 0.677. The van der Waals surface area contributed by atoms with Crippen LogP contribution in [0.3, 0.4) is 0 Å². The Morgan fingerprint density at radius 3 is 2.94 bits per heavy atom. The van der Waals surface area contributed by atoms with E-state index < -0.39 is 5.97 Å². The van der Waals surface area contributed by atoms with E-state index in [0.717, 1.165) is 0 Å². The van der Waals surface area contributed by atoms with E-state index >= 15 is 0 Å². The number of hydrogen-bond donors (Lipinski definition) is 2. The minimum absolute atomic E-state index is 0.0178. The standard InChI is InChI=1S/C12H12ClNO2/c1-3-4-8(2)14-11-6-5-9(13)7-10(11)12(15)16/h1,5-8,14H,4H2,2H3,(H,15,16). The smallest absolute Gasteiger partial charge is 0.337 e. The lowest BCUT2D eigenvalue weighted by Gasteiger charge is -2.14. The van der Waals surface area contributed by atoms with Crippen molar-refractivity contribution in [2.75, 3.05) is 5.32 Å². The molecule has 0 saturated carbocycles. The number of halogens is 1. The Hall–Kier alpha value is -1.66. The summed E-state index contributed by atoms with van der Waals surface area (Å²) in [4.78, 5) is 11.0. The summed E-state index contributed by atoms with van der Waals surface area (Å²) in [6.07, 6.45) is 5.71. The number of aromatic carboxylic acids is 1. The van der Waals surface area contributed by atoms with Crippen molar-refractivity contribution in [3.63, 3.8) is 0 Å². The van der Waals surface area contributed by atoms with Gasteiger partial charge >= 0.3 is 5.97 Å². The molecule has 0 amide bonds. The molecule has 0 fully saturated rings. The molecule has 0 aliphatic rings. The quantitative estimate of drug-likeness (QED) is 0.792. The number of benzene rings is 1. The maximum atomic E-state index is 11.0. The molecule has 0 bridgehead atoms. The van der Waals surface area contributed by atoms with Crippen molar-refractivity contribution in [3.05, 3.63) is 28.8 Å². The molecular weight excluding hydrogens is 226 g/mol. The zero-order chi connectivity index (χ0) is 12.1. The molecule has 84 valence electrons. The molecule has 1 unspecified atom stereocenters. The molecule has 0 aromatic heterocycles. The van der Waals surface area contributed by atoms with Crippen LogP contribution in [-0.4, -0.2) is 17.1 Å². The fraction of sp³-hybridized carbons (Fsp3) is 0.250. The van der Waals surface area contributed by atoms with E-state index in [0.29, 0.717) is 17.1 Å². The topological polar surface area (TPSA) is 49.3 Å². The van der Waals surface area contributed by atoms with Gasteiger partial charge in [0.15, 0.2) is 0 Å². The monoisotopic (exact) mass is 237 g/mol. The SMILES string of the molecule is C#CCC(C)Nc1ccc(Cl)cc1C(=O)O. The second kappa shape index (κ2) is 5.43. The summed E-state index contributed by atoms with van der Waals surface area (Å²) < 4.78 is 0. The van der Waals surface area contributed by atoms with Crippen LogP contribution in [0.25, 0.3) is 0 Å². The molecule has 0 aliphatic carbocycles. The molecule has 16 heavy (non-hydrogen) atoms. The molecule has 0 aliphatic heterocycles. The van der Waals surface area contributed by atoms with Crippen molar-refractivity contribution < 1.29 is 9.90 Å². The number of terminal acetylenes is 1. The molecule has 1 rings (SSSR count). The van der Waals surface area contributed by atoms with E-state index in [9.17, 15) is 4.79 Å². The minimum Gasteiger partial charge on any atom is -0.478 e. The maximum Gasteiger partial charge on any atom is 0.337 e. The number of hydrogen-bond acceptors (Lipinski definition) is 2. The summed E-state index contributed by atoms with van der Waals surface area (Å²) in [6, 6.07) is 4.70. The lowest BCUT2D eigenvalue weighted by molar-refractivity contribution is 0.0698. The van der Waals surface area contributed by atoms with Gasteiger partial charge in [0.05, 0.1) is 5.56 Å². The summed E-state index contributed by atoms with van der Waals surface area (Å²) in [6.45, 7) is 1.89. The molecule has 0 heterocycles. The van der Waals surface area contributed by atoms with Crippen molar-refractivity contribution >= 4 is 23.3 Å². The Labute approximate surface area is 99.4 Å². The van der Waals surface area contributed by atoms with Gasteiger partial charge in [0.25, 0.3) is 0 Å². The molecule has 3 nitrogen and oxygen atoms in total. The van der Waals surface area contributed by atoms with Gasteiger partial charge in [0.1, 0.15) is 0 Å². The first-order valence-electron chi connectivity index (χ1n) is 4.77. The van der Waals surface area contributed by atoms with Crippen molar-refractivity contribution in [2.45, 2.75) is 19.4 Å². The van der Waals surface area contributed by atoms with Crippen LogP contribution >= 0.6 is 11.6 Å². The molecule has 1 aromatic rings. The highest BCUT2D eigenvalue weighted by Gasteiger charge is 2.12. The van der Waals surface area contributed by atoms with Crippen LogP contribution in [0.5, 0.6) is 0 Å². The van der Waals surface area contributed by atoms with Gasteiger partial charge in [-0.3, -0.25) is 0 Å². The second-order valence-electron chi connectivity index (χ2n) is 3.45. The summed E-state index contributed by atoms with van der Waals surface area (Å²) in [5, 5.41) is 12.4. The third-order valence-electron chi connectivity index (χ3n) is 2.04. The largest absolute Gasteiger partial charge is 0.478 e. The van der Waals surface area contributed by atoms with Gasteiger partial charge < -0.3 is 10.4 Å². The number of rotatable bonds is 4. The van der Waals surface area contributed by atoms with Crippen LogP contribution in [0.4, 0.5) is 5.69 Å². The molecule has 1 atom stereocenters. The molecule has 0 spiro atoms. The van der Waals surface area contributed by atoms with Crippen LogP contribution in [0.1, 0.15) is 23.7 Å². The van der Waals surface area contributed by atoms with E-state index in [1.807, 2.05) is 6.92 Å². The minimum atomic E-state index is -1.02. The second-order valence-corrected chi connectivity index (χ2v) is 3.89. The van der Waals surface area contributed by atoms with Crippen LogP contribution in [-0.2, 0) is 0 Å². The predicted molar refractivity (Wildman–Crippen MR) is 64.9 cm³/mol. The fourth-order valence-corrected chi connectivity index (χ4v) is 1.48. The number of carboxylic acid groups (broad SMARTS) is 1. The van der Waals surface area contributed by atoms with Gasteiger partial charge in [-0.2, -0.15) is 0 Å². The van der Waals surface area contributed by atoms with Gasteiger partial charge in [-0.25, -0.2) is 4.79 Å². The van der Waals surface area contributed by atoms with Crippen LogP contribution < -0.4 is 5.32 Å². The van der Waals surface area contributed by atoms with Gasteiger partial charge in [-0.1, -0.05) is 11.6 Å². The van der Waals surface area contributed by atoms with E-state index in [2.05, 4.69) is 11.2 Å². The molecule has 0 radical (unpaired) electrons. The third-order valence-corrected chi connectivity index (χ3v) is 2.27. The van der Waals surface area contributed by atoms with Crippen LogP contribution in [0, 0.1) is 12.3 Å². The first kappa shape index (κ1) is 12.4. The van der Waals surface area contributed by atoms with E-state index in [-0.39, 0.29) is 11.6 Å². The number of anilines is 1. The fourth-order valence-electron chi connectivity index (χ4n) is 1.31. The normalized spacial score (nSPS) is 11.6. The lowest BCUT2D eigenvalue weighted by Crippen LogP contribution is -2.16. The van der Waals surface area contributed by atoms with Crippen molar-refractivity contribution in [3.8, 4) is 12.3 Å². The Morgan fingerprint density at radius 2 is 2.38 bits per heavy atom. The number of nitrogens with one attached hydrogen (secondary N) is 1. The lowest BCUT2D eigenvalue weighted by atomic mass is 10.1. The van der Waals surface area contributed by atoms with E-state index in [1.165, 1.54) is 6.07 Å². The van der Waals surface area contributed by atoms with Crippen LogP contribution in [0.2, 0.25) is 5.02 Å². The van der Waals surface area contributed by atoms with Gasteiger partial charge in [0, 0.05) is 23.2 Å². The average molecular weight is 238 g/mol. The Kier molecular flexibility index (Phi) is 4.21. The number of carboxylic acids is 1. The average Bonchev–Trinajstić information content (AvgIpc) is 2.20. The third kappa shape index (κ3) is 3.18. The molecule has 4 heteroatoms. The van der Waals surface area contributed by atoms with Crippen LogP contribution in [0.15, 0.2) is 18.2 Å². The van der Waals surface area contributed by atoms with Gasteiger partial charge in [-0.15, -0.1) is 12.3 Å². The highest BCUT2D eigenvalue weighted by atomic mass is 35.5. The zero-order valence-electron chi connectivity index (χ0n) is 8.83. The van der Waals surface area contributed by atoms with Crippen molar-refractivity contribution in [1.82, 2.24) is 0 Å². The predicted octanol–water partition coefficient (Wildman–Crippen LogP) is 2.86. The number of carbonyl (C=O) groups is 1. The van der Waals surface area contributed by atoms with E-state index in [4.69, 9.17) is 23.1 Å². The van der Waals surface area contributed by atoms with Crippen molar-refractivity contribution in [1.29, 1.82) is 0 Å². The maximum absolute atomic E-state index is 11.0. The molecule has 0 saturated heterocycles. The molecule has 1 aromatic carbocycles. The molecule has 2 N–H and O–H groups in total. The van der Waals surface area contributed by atoms with Gasteiger partial charge in [0.2, 0.25) is 0 Å². The highest BCUT2D eigenvalue weighted by Crippen LogP contribution is 2.21. The zero-order valence-corrected chi connectivity index (χ0v) is 9.58.